The smallest absolute Gasteiger partial charge is 0.253 e. The fourth-order valence-electron chi connectivity index (χ4n) is 3.68. The molecular formula is C24H32N4O. The minimum Gasteiger partial charge on any atom is -0.357 e. The van der Waals surface area contributed by atoms with Gasteiger partial charge in [-0.05, 0) is 67.0 Å². The van der Waals surface area contributed by atoms with Crippen LogP contribution in [0.2, 0.25) is 0 Å². The molecule has 154 valence electrons. The van der Waals surface area contributed by atoms with Gasteiger partial charge in [0.25, 0.3) is 5.91 Å². The first-order valence-corrected chi connectivity index (χ1v) is 10.5. The Morgan fingerprint density at radius 2 is 1.86 bits per heavy atom. The number of fused-ring (bicyclic) bond motifs is 1. The third kappa shape index (κ3) is 5.83. The van der Waals surface area contributed by atoms with E-state index >= 15 is 0 Å². The zero-order valence-corrected chi connectivity index (χ0v) is 17.8. The minimum atomic E-state index is 0.0315. The molecule has 0 fully saturated rings. The summed E-state index contributed by atoms with van der Waals surface area (Å²) in [7, 11) is 3.55. The van der Waals surface area contributed by atoms with Crippen molar-refractivity contribution in [1.82, 2.24) is 15.5 Å². The van der Waals surface area contributed by atoms with Gasteiger partial charge in [0.15, 0.2) is 5.96 Å². The maximum Gasteiger partial charge on any atom is 0.253 e. The third-order valence-corrected chi connectivity index (χ3v) is 5.21. The van der Waals surface area contributed by atoms with E-state index in [2.05, 4.69) is 41.8 Å². The summed E-state index contributed by atoms with van der Waals surface area (Å²) in [4.78, 5) is 18.5. The van der Waals surface area contributed by atoms with E-state index in [4.69, 9.17) is 4.99 Å². The first-order chi connectivity index (χ1) is 14.1. The van der Waals surface area contributed by atoms with Crippen LogP contribution in [-0.2, 0) is 25.8 Å². The van der Waals surface area contributed by atoms with Gasteiger partial charge in [0, 0.05) is 32.7 Å². The predicted octanol–water partition coefficient (Wildman–Crippen LogP) is 3.17. The molecule has 2 N–H and O–H groups in total. The minimum absolute atomic E-state index is 0.0315. The summed E-state index contributed by atoms with van der Waals surface area (Å²) in [5.41, 5.74) is 6.11. The molecule has 0 heterocycles. The Labute approximate surface area is 174 Å². The van der Waals surface area contributed by atoms with Crippen LogP contribution in [0.15, 0.2) is 47.5 Å². The van der Waals surface area contributed by atoms with Crippen molar-refractivity contribution >= 4 is 11.9 Å². The van der Waals surface area contributed by atoms with Crippen molar-refractivity contribution in [2.75, 3.05) is 27.2 Å². The molecule has 5 heteroatoms. The van der Waals surface area contributed by atoms with Crippen LogP contribution in [0.5, 0.6) is 0 Å². The summed E-state index contributed by atoms with van der Waals surface area (Å²) < 4.78 is 0. The maximum absolute atomic E-state index is 12.1. The second kappa shape index (κ2) is 10.1. The van der Waals surface area contributed by atoms with Crippen molar-refractivity contribution in [2.24, 2.45) is 4.99 Å². The van der Waals surface area contributed by atoms with Crippen LogP contribution in [0.1, 0.15) is 46.0 Å². The Balaban J connectivity index is 1.56. The summed E-state index contributed by atoms with van der Waals surface area (Å²) in [5.74, 6) is 0.859. The molecule has 0 bridgehead atoms. The first kappa shape index (κ1) is 20.9. The Kier molecular flexibility index (Phi) is 7.28. The number of hydrogen-bond acceptors (Lipinski definition) is 2. The number of carbonyl (C=O) groups excluding carboxylic acids is 1. The topological polar surface area (TPSA) is 56.7 Å². The normalized spacial score (nSPS) is 13.1. The molecule has 0 saturated carbocycles. The number of rotatable bonds is 7. The molecule has 5 nitrogen and oxygen atoms in total. The Morgan fingerprint density at radius 1 is 1.03 bits per heavy atom. The van der Waals surface area contributed by atoms with Gasteiger partial charge in [-0.3, -0.25) is 4.79 Å². The van der Waals surface area contributed by atoms with Crippen LogP contribution in [0, 0.1) is 0 Å². The van der Waals surface area contributed by atoms with E-state index in [1.54, 1.807) is 19.0 Å². The number of benzene rings is 2. The number of nitrogens with one attached hydrogen (secondary N) is 2. The molecule has 0 spiro atoms. The second-order valence-corrected chi connectivity index (χ2v) is 7.73. The monoisotopic (exact) mass is 392 g/mol. The van der Waals surface area contributed by atoms with Crippen molar-refractivity contribution in [1.29, 1.82) is 0 Å². The highest BCUT2D eigenvalue weighted by Crippen LogP contribution is 2.23. The standard InChI is InChI=1S/C24H32N4O/c1-4-25-24(27-17-19-11-12-20-8-6-9-21(20)16-19)26-14-13-18-7-5-10-22(15-18)23(29)28(2)3/h5,7,10-12,15-16H,4,6,8-9,13-14,17H2,1-3H3,(H2,25,26,27). The largest absolute Gasteiger partial charge is 0.357 e. The summed E-state index contributed by atoms with van der Waals surface area (Å²) in [6, 6.07) is 14.6. The van der Waals surface area contributed by atoms with E-state index in [0.717, 1.165) is 36.6 Å². The molecule has 29 heavy (non-hydrogen) atoms. The van der Waals surface area contributed by atoms with Crippen LogP contribution in [0.25, 0.3) is 0 Å². The lowest BCUT2D eigenvalue weighted by atomic mass is 10.1. The van der Waals surface area contributed by atoms with Gasteiger partial charge >= 0.3 is 0 Å². The van der Waals surface area contributed by atoms with Gasteiger partial charge < -0.3 is 15.5 Å². The molecule has 0 unspecified atom stereocenters. The fourth-order valence-corrected chi connectivity index (χ4v) is 3.68. The molecule has 2 aromatic carbocycles. The van der Waals surface area contributed by atoms with Gasteiger partial charge in [-0.1, -0.05) is 30.3 Å². The van der Waals surface area contributed by atoms with Crippen molar-refractivity contribution in [2.45, 2.75) is 39.2 Å². The molecule has 2 aromatic rings. The van der Waals surface area contributed by atoms with Gasteiger partial charge in [0.05, 0.1) is 6.54 Å². The van der Waals surface area contributed by atoms with Crippen molar-refractivity contribution < 1.29 is 4.79 Å². The van der Waals surface area contributed by atoms with E-state index in [0.29, 0.717) is 6.54 Å². The highest BCUT2D eigenvalue weighted by Gasteiger charge is 2.11. The van der Waals surface area contributed by atoms with Crippen molar-refractivity contribution in [3.8, 4) is 0 Å². The first-order valence-electron chi connectivity index (χ1n) is 10.5. The van der Waals surface area contributed by atoms with Gasteiger partial charge in [0.2, 0.25) is 0 Å². The Morgan fingerprint density at radius 3 is 2.66 bits per heavy atom. The number of nitrogens with zero attached hydrogens (tertiary/aromatic N) is 2. The lowest BCUT2D eigenvalue weighted by Crippen LogP contribution is -2.38. The number of aryl methyl sites for hydroxylation is 2. The summed E-state index contributed by atoms with van der Waals surface area (Å²) in [6.45, 7) is 4.33. The van der Waals surface area contributed by atoms with Gasteiger partial charge in [0.1, 0.15) is 0 Å². The van der Waals surface area contributed by atoms with Crippen LogP contribution >= 0.6 is 0 Å². The molecule has 0 saturated heterocycles. The van der Waals surface area contributed by atoms with E-state index in [9.17, 15) is 4.79 Å². The van der Waals surface area contributed by atoms with Crippen LogP contribution < -0.4 is 10.6 Å². The number of carbonyl (C=O) groups is 1. The van der Waals surface area contributed by atoms with Gasteiger partial charge in [-0.25, -0.2) is 4.99 Å². The molecule has 0 radical (unpaired) electrons. The Hall–Kier alpha value is -2.82. The average molecular weight is 393 g/mol. The molecule has 0 aliphatic heterocycles. The lowest BCUT2D eigenvalue weighted by Gasteiger charge is -2.13. The zero-order chi connectivity index (χ0) is 20.6. The third-order valence-electron chi connectivity index (χ3n) is 5.21. The van der Waals surface area contributed by atoms with Crippen LogP contribution in [0.3, 0.4) is 0 Å². The van der Waals surface area contributed by atoms with E-state index < -0.39 is 0 Å². The van der Waals surface area contributed by atoms with Crippen LogP contribution in [-0.4, -0.2) is 44.0 Å². The predicted molar refractivity (Wildman–Crippen MR) is 119 cm³/mol. The highest BCUT2D eigenvalue weighted by atomic mass is 16.2. The molecule has 0 aromatic heterocycles. The number of guanidine groups is 1. The maximum atomic E-state index is 12.1. The lowest BCUT2D eigenvalue weighted by molar-refractivity contribution is 0.0827. The fraction of sp³-hybridized carbons (Fsp3) is 0.417. The molecule has 3 rings (SSSR count). The average Bonchev–Trinajstić information content (AvgIpc) is 3.19. The SMILES string of the molecule is CCNC(=NCc1ccc2c(c1)CCC2)NCCc1cccc(C(=O)N(C)C)c1. The van der Waals surface area contributed by atoms with Gasteiger partial charge in [-0.2, -0.15) is 0 Å². The Bertz CT molecular complexity index is 873. The second-order valence-electron chi connectivity index (χ2n) is 7.73. The zero-order valence-electron chi connectivity index (χ0n) is 17.8. The molecular weight excluding hydrogens is 360 g/mol. The summed E-state index contributed by atoms with van der Waals surface area (Å²) in [5, 5.41) is 6.72. The molecule has 1 aliphatic carbocycles. The van der Waals surface area contributed by atoms with Crippen molar-refractivity contribution in [3.63, 3.8) is 0 Å². The quantitative estimate of drug-likeness (QED) is 0.562. The summed E-state index contributed by atoms with van der Waals surface area (Å²) >= 11 is 0. The molecule has 1 amide bonds. The summed E-state index contributed by atoms with van der Waals surface area (Å²) in [6.07, 6.45) is 4.51. The van der Waals surface area contributed by atoms with E-state index in [-0.39, 0.29) is 5.91 Å². The van der Waals surface area contributed by atoms with E-state index in [1.807, 2.05) is 18.2 Å². The van der Waals surface area contributed by atoms with Crippen LogP contribution in [0.4, 0.5) is 0 Å². The van der Waals surface area contributed by atoms with Crippen molar-refractivity contribution in [3.05, 3.63) is 70.3 Å². The molecule has 0 atom stereocenters. The van der Waals surface area contributed by atoms with E-state index in [1.165, 1.54) is 36.0 Å². The number of hydrogen-bond donors (Lipinski definition) is 2. The van der Waals surface area contributed by atoms with Gasteiger partial charge in [-0.15, -0.1) is 0 Å². The number of amides is 1. The number of aliphatic imine (C=N–C) groups is 1. The highest BCUT2D eigenvalue weighted by molar-refractivity contribution is 5.94. The molecule has 1 aliphatic rings.